The Morgan fingerprint density at radius 2 is 2.39 bits per heavy atom. The summed E-state index contributed by atoms with van der Waals surface area (Å²) in [7, 11) is 1.50. The van der Waals surface area contributed by atoms with Crippen molar-refractivity contribution in [1.29, 1.82) is 0 Å². The number of carbonyl (C=O) groups is 2. The van der Waals surface area contributed by atoms with E-state index in [0.717, 1.165) is 0 Å². The fourth-order valence-corrected chi connectivity index (χ4v) is 3.06. The molecule has 1 saturated heterocycles. The second kappa shape index (κ2) is 8.03. The minimum Gasteiger partial charge on any atom is -0.495 e. The lowest BCUT2D eigenvalue weighted by atomic mass is 10.2. The number of nitrogens with zero attached hydrogens (tertiary/aromatic N) is 1. The number of amides is 2. The Morgan fingerprint density at radius 1 is 1.61 bits per heavy atom. The van der Waals surface area contributed by atoms with Gasteiger partial charge in [0.15, 0.2) is 5.17 Å². The fourth-order valence-electron chi connectivity index (χ4n) is 1.91. The fraction of sp³-hybridized carbons (Fsp3) is 0.267. The van der Waals surface area contributed by atoms with Crippen LogP contribution in [0.1, 0.15) is 6.42 Å². The van der Waals surface area contributed by atoms with Gasteiger partial charge in [0.05, 0.1) is 19.3 Å². The summed E-state index contributed by atoms with van der Waals surface area (Å²) in [6.07, 6.45) is 1.66. The van der Waals surface area contributed by atoms with Gasteiger partial charge in [-0.2, -0.15) is 0 Å². The van der Waals surface area contributed by atoms with E-state index in [0.29, 0.717) is 28.2 Å². The van der Waals surface area contributed by atoms with Gasteiger partial charge in [0.1, 0.15) is 11.0 Å². The molecule has 2 rings (SSSR count). The Kier molecular flexibility index (Phi) is 6.06. The zero-order chi connectivity index (χ0) is 16.8. The predicted octanol–water partition coefficient (Wildman–Crippen LogP) is 2.45. The van der Waals surface area contributed by atoms with Crippen LogP contribution in [0, 0.1) is 0 Å². The van der Waals surface area contributed by atoms with E-state index in [1.54, 1.807) is 24.3 Å². The molecule has 0 aliphatic carbocycles. The van der Waals surface area contributed by atoms with Crippen LogP contribution in [-0.4, -0.2) is 35.9 Å². The van der Waals surface area contributed by atoms with Crippen molar-refractivity contribution in [2.45, 2.75) is 11.7 Å². The van der Waals surface area contributed by atoms with Crippen LogP contribution >= 0.6 is 23.4 Å². The molecular formula is C15H16ClN3O3S. The molecule has 0 aromatic heterocycles. The third kappa shape index (κ3) is 4.74. The molecule has 122 valence electrons. The molecule has 1 fully saturated rings. The highest BCUT2D eigenvalue weighted by Crippen LogP contribution is 2.29. The third-order valence-electron chi connectivity index (χ3n) is 2.95. The lowest BCUT2D eigenvalue weighted by Crippen LogP contribution is -2.28. The van der Waals surface area contributed by atoms with Crippen molar-refractivity contribution in [3.63, 3.8) is 0 Å². The molecule has 8 heteroatoms. The van der Waals surface area contributed by atoms with Crippen LogP contribution in [0.15, 0.2) is 35.8 Å². The van der Waals surface area contributed by atoms with Crippen LogP contribution in [0.2, 0.25) is 5.02 Å². The van der Waals surface area contributed by atoms with Crippen LogP contribution in [0.4, 0.5) is 5.69 Å². The molecule has 0 saturated carbocycles. The number of benzene rings is 1. The molecule has 2 N–H and O–H groups in total. The number of carbonyl (C=O) groups excluding carboxylic acids is 2. The molecule has 23 heavy (non-hydrogen) atoms. The first-order chi connectivity index (χ1) is 11.0. The first kappa shape index (κ1) is 17.4. The number of halogens is 1. The molecule has 6 nitrogen and oxygen atoms in total. The normalized spacial score (nSPS) is 18.6. The van der Waals surface area contributed by atoms with Gasteiger partial charge in [-0.25, -0.2) is 0 Å². The SMILES string of the molecule is C=CCN=C1NC(=O)C(CC(=O)Nc2cc(Cl)ccc2OC)S1. The standard InChI is InChI=1S/C15H16ClN3O3S/c1-3-6-17-15-19-14(21)12(23-15)8-13(20)18-10-7-9(16)4-5-11(10)22-2/h3-5,7,12H,1,6,8H2,2H3,(H,18,20)(H,17,19,21). The van der Waals surface area contributed by atoms with Crippen molar-refractivity contribution in [2.24, 2.45) is 4.99 Å². The maximum absolute atomic E-state index is 12.2. The van der Waals surface area contributed by atoms with Crippen LogP contribution in [-0.2, 0) is 9.59 Å². The summed E-state index contributed by atoms with van der Waals surface area (Å²) in [6, 6.07) is 4.92. The van der Waals surface area contributed by atoms with Gasteiger partial charge in [-0.1, -0.05) is 29.4 Å². The van der Waals surface area contributed by atoms with Gasteiger partial charge in [-0.15, -0.1) is 6.58 Å². The molecule has 2 amide bonds. The number of aliphatic imine (C=N–C) groups is 1. The Labute approximate surface area is 143 Å². The van der Waals surface area contributed by atoms with E-state index in [1.165, 1.54) is 18.9 Å². The second-order valence-electron chi connectivity index (χ2n) is 4.63. The van der Waals surface area contributed by atoms with E-state index in [4.69, 9.17) is 16.3 Å². The van der Waals surface area contributed by atoms with Crippen molar-refractivity contribution in [3.05, 3.63) is 35.9 Å². The second-order valence-corrected chi connectivity index (χ2v) is 6.26. The lowest BCUT2D eigenvalue weighted by Gasteiger charge is -2.11. The maximum atomic E-state index is 12.2. The molecular weight excluding hydrogens is 338 g/mol. The van der Waals surface area contributed by atoms with Crippen LogP contribution < -0.4 is 15.4 Å². The molecule has 1 aliphatic heterocycles. The molecule has 1 aromatic carbocycles. The van der Waals surface area contributed by atoms with Gasteiger partial charge >= 0.3 is 0 Å². The van der Waals surface area contributed by atoms with Gasteiger partial charge < -0.3 is 15.4 Å². The Morgan fingerprint density at radius 3 is 3.09 bits per heavy atom. The van der Waals surface area contributed by atoms with Gasteiger partial charge in [0, 0.05) is 11.4 Å². The van der Waals surface area contributed by atoms with Crippen molar-refractivity contribution in [3.8, 4) is 5.75 Å². The summed E-state index contributed by atoms with van der Waals surface area (Å²) in [5.41, 5.74) is 0.467. The first-order valence-corrected chi connectivity index (χ1v) is 8.05. The van der Waals surface area contributed by atoms with E-state index in [-0.39, 0.29) is 18.2 Å². The number of ether oxygens (including phenoxy) is 1. The maximum Gasteiger partial charge on any atom is 0.240 e. The smallest absolute Gasteiger partial charge is 0.240 e. The average molecular weight is 354 g/mol. The van der Waals surface area contributed by atoms with Crippen LogP contribution in [0.3, 0.4) is 0 Å². The number of hydrogen-bond donors (Lipinski definition) is 2. The Hall–Kier alpha value is -1.99. The molecule has 0 bridgehead atoms. The zero-order valence-electron chi connectivity index (χ0n) is 12.5. The number of hydrogen-bond acceptors (Lipinski definition) is 5. The number of methoxy groups -OCH3 is 1. The Balaban J connectivity index is 1.99. The molecule has 1 atom stereocenters. The van der Waals surface area contributed by atoms with Gasteiger partial charge in [0.2, 0.25) is 11.8 Å². The Bertz CT molecular complexity index is 663. The highest BCUT2D eigenvalue weighted by molar-refractivity contribution is 8.15. The van der Waals surface area contributed by atoms with E-state index in [2.05, 4.69) is 22.2 Å². The average Bonchev–Trinajstić information content (AvgIpc) is 2.85. The van der Waals surface area contributed by atoms with Crippen molar-refractivity contribution >= 4 is 46.0 Å². The minimum absolute atomic E-state index is 0.0271. The quantitative estimate of drug-likeness (QED) is 0.770. The molecule has 1 unspecified atom stereocenters. The lowest BCUT2D eigenvalue weighted by molar-refractivity contribution is -0.122. The molecule has 0 radical (unpaired) electrons. The summed E-state index contributed by atoms with van der Waals surface area (Å²) in [6.45, 7) is 3.98. The van der Waals surface area contributed by atoms with Gasteiger partial charge in [0.25, 0.3) is 0 Å². The summed E-state index contributed by atoms with van der Waals surface area (Å²) in [5, 5.41) is 5.83. The van der Waals surface area contributed by atoms with Crippen molar-refractivity contribution in [1.82, 2.24) is 5.32 Å². The summed E-state index contributed by atoms with van der Waals surface area (Å²) >= 11 is 7.15. The number of amidine groups is 1. The summed E-state index contributed by atoms with van der Waals surface area (Å²) in [4.78, 5) is 28.1. The number of rotatable bonds is 6. The predicted molar refractivity (Wildman–Crippen MR) is 93.3 cm³/mol. The van der Waals surface area contributed by atoms with Crippen molar-refractivity contribution in [2.75, 3.05) is 19.0 Å². The van der Waals surface area contributed by atoms with Gasteiger partial charge in [-0.05, 0) is 18.2 Å². The number of nitrogens with one attached hydrogen (secondary N) is 2. The van der Waals surface area contributed by atoms with E-state index in [1.807, 2.05) is 0 Å². The highest BCUT2D eigenvalue weighted by Gasteiger charge is 2.32. The van der Waals surface area contributed by atoms with E-state index in [9.17, 15) is 9.59 Å². The summed E-state index contributed by atoms with van der Waals surface area (Å²) in [5.74, 6) is -0.0336. The molecule has 1 aromatic rings. The van der Waals surface area contributed by atoms with Crippen molar-refractivity contribution < 1.29 is 14.3 Å². The molecule has 1 aliphatic rings. The number of anilines is 1. The van der Waals surface area contributed by atoms with E-state index >= 15 is 0 Å². The summed E-state index contributed by atoms with van der Waals surface area (Å²) < 4.78 is 5.17. The van der Waals surface area contributed by atoms with E-state index < -0.39 is 5.25 Å². The molecule has 1 heterocycles. The first-order valence-electron chi connectivity index (χ1n) is 6.79. The minimum atomic E-state index is -0.510. The zero-order valence-corrected chi connectivity index (χ0v) is 14.0. The number of thioether (sulfide) groups is 1. The topological polar surface area (TPSA) is 79.8 Å². The molecule has 0 spiro atoms. The van der Waals surface area contributed by atoms with Crippen LogP contribution in [0.5, 0.6) is 5.75 Å². The monoisotopic (exact) mass is 353 g/mol. The largest absolute Gasteiger partial charge is 0.495 e. The third-order valence-corrected chi connectivity index (χ3v) is 4.30. The van der Waals surface area contributed by atoms with Gasteiger partial charge in [-0.3, -0.25) is 14.6 Å². The highest BCUT2D eigenvalue weighted by atomic mass is 35.5. The van der Waals surface area contributed by atoms with Crippen LogP contribution in [0.25, 0.3) is 0 Å².